The van der Waals surface area contributed by atoms with Gasteiger partial charge in [0.05, 0.1) is 16.6 Å². The molecule has 2 heterocycles. The molecule has 0 unspecified atom stereocenters. The summed E-state index contributed by atoms with van der Waals surface area (Å²) in [7, 11) is -3.80. The standard InChI is InChI=1S/C21H23N7O2S/c1-13(2)28-19-10-17(8-7-15(19)12-24-28)25-20-14(3)11-23-21(27-20)26-16-5-4-6-18(9-16)31(22,29)30/h4-13H,1-3H3,(H2,22,29,30)(H2,23,25,26,27). The number of hydrogen-bond acceptors (Lipinski definition) is 7. The van der Waals surface area contributed by atoms with E-state index in [1.807, 2.05) is 36.0 Å². The number of nitrogens with zero attached hydrogens (tertiary/aromatic N) is 4. The number of anilines is 4. The van der Waals surface area contributed by atoms with Crippen molar-refractivity contribution < 1.29 is 8.42 Å². The minimum atomic E-state index is -3.80. The van der Waals surface area contributed by atoms with Gasteiger partial charge in [0.2, 0.25) is 16.0 Å². The molecule has 4 N–H and O–H groups in total. The average molecular weight is 438 g/mol. The Morgan fingerprint density at radius 1 is 1.03 bits per heavy atom. The second kappa shape index (κ2) is 7.97. The average Bonchev–Trinajstić information content (AvgIpc) is 3.14. The van der Waals surface area contributed by atoms with Crippen LogP contribution in [0.25, 0.3) is 10.9 Å². The Labute approximate surface area is 180 Å². The first kappa shape index (κ1) is 20.8. The van der Waals surface area contributed by atoms with Crippen molar-refractivity contribution in [2.75, 3.05) is 10.6 Å². The highest BCUT2D eigenvalue weighted by Gasteiger charge is 2.11. The van der Waals surface area contributed by atoms with Gasteiger partial charge in [0, 0.05) is 34.6 Å². The van der Waals surface area contributed by atoms with E-state index in [1.165, 1.54) is 12.1 Å². The van der Waals surface area contributed by atoms with Crippen molar-refractivity contribution in [2.45, 2.75) is 31.7 Å². The predicted octanol–water partition coefficient (Wildman–Crippen LogP) is 3.85. The SMILES string of the molecule is Cc1cnc(Nc2cccc(S(N)(=O)=O)c2)nc1Nc1ccc2cnn(C(C)C)c2c1. The summed E-state index contributed by atoms with van der Waals surface area (Å²) in [6.45, 7) is 6.08. The number of hydrogen-bond donors (Lipinski definition) is 3. The molecule has 10 heteroatoms. The summed E-state index contributed by atoms with van der Waals surface area (Å²) in [6, 6.07) is 12.4. The summed E-state index contributed by atoms with van der Waals surface area (Å²) in [5.74, 6) is 0.961. The lowest BCUT2D eigenvalue weighted by Gasteiger charge is -2.12. The molecule has 0 aliphatic heterocycles. The minimum absolute atomic E-state index is 0.0121. The van der Waals surface area contributed by atoms with Crippen LogP contribution < -0.4 is 15.8 Å². The first-order valence-corrected chi connectivity index (χ1v) is 11.2. The number of sulfonamides is 1. The summed E-state index contributed by atoms with van der Waals surface area (Å²) in [6.07, 6.45) is 3.55. The van der Waals surface area contributed by atoms with Gasteiger partial charge in [0.15, 0.2) is 0 Å². The third-order valence-electron chi connectivity index (χ3n) is 4.74. The van der Waals surface area contributed by atoms with Crippen molar-refractivity contribution in [2.24, 2.45) is 5.14 Å². The van der Waals surface area contributed by atoms with Gasteiger partial charge in [-0.3, -0.25) is 4.68 Å². The Kier molecular flexibility index (Phi) is 5.34. The first-order chi connectivity index (χ1) is 14.7. The van der Waals surface area contributed by atoms with E-state index in [2.05, 4.69) is 39.5 Å². The van der Waals surface area contributed by atoms with Crippen LogP contribution in [0.4, 0.5) is 23.1 Å². The third kappa shape index (κ3) is 4.49. The summed E-state index contributed by atoms with van der Waals surface area (Å²) in [5.41, 5.74) is 3.29. The van der Waals surface area contributed by atoms with Crippen molar-refractivity contribution in [3.63, 3.8) is 0 Å². The largest absolute Gasteiger partial charge is 0.340 e. The van der Waals surface area contributed by atoms with Gasteiger partial charge < -0.3 is 10.6 Å². The van der Waals surface area contributed by atoms with Crippen LogP contribution in [0.2, 0.25) is 0 Å². The molecule has 0 aliphatic carbocycles. The van der Waals surface area contributed by atoms with Crippen LogP contribution in [0.15, 0.2) is 59.8 Å². The normalized spacial score (nSPS) is 11.8. The lowest BCUT2D eigenvalue weighted by molar-refractivity contribution is 0.551. The van der Waals surface area contributed by atoms with Gasteiger partial charge in [-0.25, -0.2) is 18.5 Å². The maximum atomic E-state index is 11.6. The number of nitrogens with two attached hydrogens (primary N) is 1. The fraction of sp³-hybridized carbons (Fsp3) is 0.190. The Bertz CT molecular complexity index is 1360. The van der Waals surface area contributed by atoms with E-state index in [9.17, 15) is 8.42 Å². The Morgan fingerprint density at radius 3 is 2.55 bits per heavy atom. The number of fused-ring (bicyclic) bond motifs is 1. The molecule has 31 heavy (non-hydrogen) atoms. The number of benzene rings is 2. The fourth-order valence-corrected chi connectivity index (χ4v) is 3.73. The van der Waals surface area contributed by atoms with Crippen LogP contribution >= 0.6 is 0 Å². The number of primary sulfonamides is 1. The van der Waals surface area contributed by atoms with Crippen LogP contribution in [0.1, 0.15) is 25.5 Å². The van der Waals surface area contributed by atoms with Crippen molar-refractivity contribution in [3.8, 4) is 0 Å². The van der Waals surface area contributed by atoms with E-state index >= 15 is 0 Å². The van der Waals surface area contributed by atoms with Crippen LogP contribution in [-0.2, 0) is 10.0 Å². The fourth-order valence-electron chi connectivity index (χ4n) is 3.17. The van der Waals surface area contributed by atoms with Gasteiger partial charge in [0.1, 0.15) is 5.82 Å². The smallest absolute Gasteiger partial charge is 0.238 e. The van der Waals surface area contributed by atoms with Crippen molar-refractivity contribution in [3.05, 3.63) is 60.4 Å². The second-order valence-corrected chi connectivity index (χ2v) is 9.07. The minimum Gasteiger partial charge on any atom is -0.340 e. The van der Waals surface area contributed by atoms with Crippen molar-refractivity contribution >= 4 is 44.1 Å². The van der Waals surface area contributed by atoms with Crippen LogP contribution in [0.5, 0.6) is 0 Å². The van der Waals surface area contributed by atoms with E-state index in [4.69, 9.17) is 5.14 Å². The maximum Gasteiger partial charge on any atom is 0.238 e. The van der Waals surface area contributed by atoms with E-state index in [-0.39, 0.29) is 10.9 Å². The highest BCUT2D eigenvalue weighted by molar-refractivity contribution is 7.89. The van der Waals surface area contributed by atoms with Gasteiger partial charge >= 0.3 is 0 Å². The van der Waals surface area contributed by atoms with E-state index in [1.54, 1.807) is 18.3 Å². The molecule has 2 aromatic carbocycles. The predicted molar refractivity (Wildman–Crippen MR) is 121 cm³/mol. The zero-order valence-corrected chi connectivity index (χ0v) is 18.2. The number of nitrogens with one attached hydrogen (secondary N) is 2. The number of rotatable bonds is 6. The molecule has 0 atom stereocenters. The molecule has 160 valence electrons. The summed E-state index contributed by atoms with van der Waals surface area (Å²) in [4.78, 5) is 8.85. The second-order valence-electron chi connectivity index (χ2n) is 7.50. The van der Waals surface area contributed by atoms with Crippen LogP contribution in [0, 0.1) is 6.92 Å². The summed E-state index contributed by atoms with van der Waals surface area (Å²) < 4.78 is 25.1. The molecule has 2 aromatic heterocycles. The van der Waals surface area contributed by atoms with E-state index in [0.29, 0.717) is 17.5 Å². The zero-order chi connectivity index (χ0) is 22.2. The topological polar surface area (TPSA) is 128 Å². The quantitative estimate of drug-likeness (QED) is 0.418. The Balaban J connectivity index is 1.62. The molecule has 4 aromatic rings. The van der Waals surface area contributed by atoms with Crippen LogP contribution in [0.3, 0.4) is 0 Å². The molecule has 4 rings (SSSR count). The van der Waals surface area contributed by atoms with Gasteiger partial charge in [-0.15, -0.1) is 0 Å². The summed E-state index contributed by atoms with van der Waals surface area (Å²) >= 11 is 0. The molecule has 0 radical (unpaired) electrons. The Morgan fingerprint density at radius 2 is 1.81 bits per heavy atom. The molecule has 0 saturated carbocycles. The summed E-state index contributed by atoms with van der Waals surface area (Å²) in [5, 5.41) is 17.1. The third-order valence-corrected chi connectivity index (χ3v) is 5.65. The van der Waals surface area contributed by atoms with Crippen molar-refractivity contribution in [1.29, 1.82) is 0 Å². The Hall–Kier alpha value is -3.50. The lowest BCUT2D eigenvalue weighted by atomic mass is 10.2. The molecular weight excluding hydrogens is 414 g/mol. The number of aryl methyl sites for hydroxylation is 1. The molecule has 0 saturated heterocycles. The van der Waals surface area contributed by atoms with Gasteiger partial charge in [-0.05, 0) is 57.2 Å². The van der Waals surface area contributed by atoms with Crippen molar-refractivity contribution in [1.82, 2.24) is 19.7 Å². The molecule has 0 bridgehead atoms. The zero-order valence-electron chi connectivity index (χ0n) is 17.4. The van der Waals surface area contributed by atoms with Gasteiger partial charge in [-0.1, -0.05) is 6.07 Å². The molecular formula is C21H23N7O2S. The van der Waals surface area contributed by atoms with E-state index < -0.39 is 10.0 Å². The van der Waals surface area contributed by atoms with E-state index in [0.717, 1.165) is 22.2 Å². The van der Waals surface area contributed by atoms with Gasteiger partial charge in [0.25, 0.3) is 0 Å². The first-order valence-electron chi connectivity index (χ1n) is 9.68. The molecule has 0 aliphatic rings. The number of aromatic nitrogens is 4. The van der Waals surface area contributed by atoms with Crippen LogP contribution in [-0.4, -0.2) is 28.2 Å². The lowest BCUT2D eigenvalue weighted by Crippen LogP contribution is -2.12. The molecule has 9 nitrogen and oxygen atoms in total. The highest BCUT2D eigenvalue weighted by atomic mass is 32.2. The highest BCUT2D eigenvalue weighted by Crippen LogP contribution is 2.26. The molecule has 0 fully saturated rings. The maximum absolute atomic E-state index is 11.6. The molecule has 0 amide bonds. The van der Waals surface area contributed by atoms with Gasteiger partial charge in [-0.2, -0.15) is 10.1 Å². The molecule has 0 spiro atoms. The monoisotopic (exact) mass is 437 g/mol.